The van der Waals surface area contributed by atoms with E-state index in [4.69, 9.17) is 25.5 Å². The number of carboxylic acid groups (broad SMARTS) is 2. The zero-order chi connectivity index (χ0) is 16.6. The molecule has 0 radical (unpaired) electrons. The lowest BCUT2D eigenvalue weighted by Gasteiger charge is -2.09. The zero-order valence-electron chi connectivity index (χ0n) is 10.9. The lowest BCUT2D eigenvalue weighted by molar-refractivity contribution is -0.192. The van der Waals surface area contributed by atoms with E-state index in [0.717, 1.165) is 5.56 Å². The molecule has 118 valence electrons. The smallest absolute Gasteiger partial charge is 0.490 e. The molecule has 0 aliphatic heterocycles. The molecule has 0 amide bonds. The zero-order valence-corrected chi connectivity index (χ0v) is 10.9. The third-order valence-corrected chi connectivity index (χ3v) is 1.98. The van der Waals surface area contributed by atoms with Crippen LogP contribution in [0.3, 0.4) is 0 Å². The number of halogens is 3. The van der Waals surface area contributed by atoms with Gasteiger partial charge in [-0.15, -0.1) is 0 Å². The minimum Gasteiger partial charge on any atom is -0.491 e. The Kier molecular flexibility index (Phi) is 7.22. The molecule has 0 aliphatic rings. The SMILES string of the molecule is Cc1cccc(OC[C@H](N)C(=O)O)c1.O=C(O)C(F)(F)F. The van der Waals surface area contributed by atoms with E-state index in [1.807, 2.05) is 25.1 Å². The molecule has 0 unspecified atom stereocenters. The number of carboxylic acids is 2. The van der Waals surface area contributed by atoms with Crippen LogP contribution in [0.25, 0.3) is 0 Å². The Morgan fingerprint density at radius 2 is 1.86 bits per heavy atom. The van der Waals surface area contributed by atoms with Crippen molar-refractivity contribution in [2.75, 3.05) is 6.61 Å². The molecule has 0 saturated heterocycles. The summed E-state index contributed by atoms with van der Waals surface area (Å²) in [4.78, 5) is 19.3. The van der Waals surface area contributed by atoms with E-state index in [-0.39, 0.29) is 6.61 Å². The Labute approximate surface area is 117 Å². The second-order valence-electron chi connectivity index (χ2n) is 3.88. The molecule has 0 spiro atoms. The first-order valence-corrected chi connectivity index (χ1v) is 5.52. The molecular weight excluding hydrogens is 295 g/mol. The van der Waals surface area contributed by atoms with Crippen LogP contribution in [0.15, 0.2) is 24.3 Å². The van der Waals surface area contributed by atoms with Gasteiger partial charge in [-0.05, 0) is 24.6 Å². The molecule has 1 aromatic carbocycles. The van der Waals surface area contributed by atoms with Crippen LogP contribution >= 0.6 is 0 Å². The molecule has 1 atom stereocenters. The molecule has 1 aromatic rings. The summed E-state index contributed by atoms with van der Waals surface area (Å²) in [6.07, 6.45) is -5.08. The number of aliphatic carboxylic acids is 2. The van der Waals surface area contributed by atoms with Gasteiger partial charge >= 0.3 is 18.1 Å². The van der Waals surface area contributed by atoms with Crippen LogP contribution in [0.2, 0.25) is 0 Å². The lowest BCUT2D eigenvalue weighted by Crippen LogP contribution is -2.36. The summed E-state index contributed by atoms with van der Waals surface area (Å²) in [5.74, 6) is -3.17. The predicted molar refractivity (Wildman–Crippen MR) is 66.0 cm³/mol. The van der Waals surface area contributed by atoms with Gasteiger partial charge in [-0.1, -0.05) is 12.1 Å². The first-order chi connectivity index (χ1) is 9.54. The van der Waals surface area contributed by atoms with Gasteiger partial charge in [-0.25, -0.2) is 4.79 Å². The van der Waals surface area contributed by atoms with Gasteiger partial charge in [0.15, 0.2) is 0 Å². The monoisotopic (exact) mass is 309 g/mol. The summed E-state index contributed by atoms with van der Waals surface area (Å²) in [6, 6.07) is 6.40. The molecule has 0 saturated carbocycles. The van der Waals surface area contributed by atoms with Crippen molar-refractivity contribution in [3.63, 3.8) is 0 Å². The summed E-state index contributed by atoms with van der Waals surface area (Å²) < 4.78 is 36.9. The molecular formula is C12H14F3NO5. The van der Waals surface area contributed by atoms with E-state index in [9.17, 15) is 18.0 Å². The van der Waals surface area contributed by atoms with E-state index in [0.29, 0.717) is 5.75 Å². The Morgan fingerprint density at radius 3 is 2.24 bits per heavy atom. The van der Waals surface area contributed by atoms with Gasteiger partial charge in [0, 0.05) is 0 Å². The number of ether oxygens (including phenoxy) is 1. The van der Waals surface area contributed by atoms with E-state index < -0.39 is 24.2 Å². The highest BCUT2D eigenvalue weighted by Crippen LogP contribution is 2.13. The van der Waals surface area contributed by atoms with Crippen molar-refractivity contribution in [1.82, 2.24) is 0 Å². The number of aryl methyl sites for hydroxylation is 1. The van der Waals surface area contributed by atoms with E-state index in [2.05, 4.69) is 0 Å². The first kappa shape index (κ1) is 18.7. The molecule has 21 heavy (non-hydrogen) atoms. The molecule has 4 N–H and O–H groups in total. The predicted octanol–water partition coefficient (Wildman–Crippen LogP) is 1.42. The third-order valence-electron chi connectivity index (χ3n) is 1.98. The lowest BCUT2D eigenvalue weighted by atomic mass is 10.2. The summed E-state index contributed by atoms with van der Waals surface area (Å²) in [7, 11) is 0. The molecule has 1 rings (SSSR count). The Morgan fingerprint density at radius 1 is 1.33 bits per heavy atom. The molecule has 0 fully saturated rings. The maximum absolute atomic E-state index is 10.6. The second kappa shape index (κ2) is 8.10. The van der Waals surface area contributed by atoms with E-state index in [1.54, 1.807) is 6.07 Å². The van der Waals surface area contributed by atoms with Gasteiger partial charge in [0.25, 0.3) is 0 Å². The van der Waals surface area contributed by atoms with Gasteiger partial charge in [0.1, 0.15) is 18.4 Å². The summed E-state index contributed by atoms with van der Waals surface area (Å²) >= 11 is 0. The molecule has 0 aliphatic carbocycles. The standard InChI is InChI=1S/C10H13NO3.C2HF3O2/c1-7-3-2-4-8(5-7)14-6-9(11)10(12)13;3-2(4,5)1(6)7/h2-5,9H,6,11H2,1H3,(H,12,13);(H,6,7)/t9-;/m0./s1. The summed E-state index contributed by atoms with van der Waals surface area (Å²) in [5, 5.41) is 15.6. The van der Waals surface area contributed by atoms with Crippen LogP contribution in [-0.2, 0) is 9.59 Å². The highest BCUT2D eigenvalue weighted by atomic mass is 19.4. The van der Waals surface area contributed by atoms with E-state index in [1.165, 1.54) is 0 Å². The number of hydrogen-bond acceptors (Lipinski definition) is 4. The number of alkyl halides is 3. The quantitative estimate of drug-likeness (QED) is 0.776. The minimum absolute atomic E-state index is 0.0151. The van der Waals surface area contributed by atoms with Crippen LogP contribution in [0.1, 0.15) is 5.56 Å². The van der Waals surface area contributed by atoms with Gasteiger partial charge in [-0.3, -0.25) is 4.79 Å². The van der Waals surface area contributed by atoms with Gasteiger partial charge in [0.05, 0.1) is 0 Å². The average molecular weight is 309 g/mol. The topological polar surface area (TPSA) is 110 Å². The van der Waals surface area contributed by atoms with Crippen LogP contribution in [0.5, 0.6) is 5.75 Å². The minimum atomic E-state index is -5.08. The van der Waals surface area contributed by atoms with Crippen molar-refractivity contribution in [2.45, 2.75) is 19.1 Å². The van der Waals surface area contributed by atoms with Gasteiger partial charge in [-0.2, -0.15) is 13.2 Å². The Bertz CT molecular complexity index is 490. The molecule has 9 heteroatoms. The van der Waals surface area contributed by atoms with Crippen molar-refractivity contribution in [2.24, 2.45) is 5.73 Å². The maximum atomic E-state index is 10.6. The van der Waals surface area contributed by atoms with Crippen LogP contribution < -0.4 is 10.5 Å². The number of rotatable bonds is 4. The van der Waals surface area contributed by atoms with Crippen molar-refractivity contribution >= 4 is 11.9 Å². The Hall–Kier alpha value is -2.29. The average Bonchev–Trinajstić information content (AvgIpc) is 2.35. The normalized spacial score (nSPS) is 11.9. The van der Waals surface area contributed by atoms with Crippen LogP contribution in [0.4, 0.5) is 13.2 Å². The number of hydrogen-bond donors (Lipinski definition) is 3. The van der Waals surface area contributed by atoms with Crippen molar-refractivity contribution < 1.29 is 37.7 Å². The fourth-order valence-electron chi connectivity index (χ4n) is 0.962. The van der Waals surface area contributed by atoms with Crippen LogP contribution in [0, 0.1) is 6.92 Å². The van der Waals surface area contributed by atoms with Crippen molar-refractivity contribution in [3.05, 3.63) is 29.8 Å². The highest BCUT2D eigenvalue weighted by Gasteiger charge is 2.38. The molecule has 0 heterocycles. The highest BCUT2D eigenvalue weighted by molar-refractivity contribution is 5.73. The largest absolute Gasteiger partial charge is 0.491 e. The fourth-order valence-corrected chi connectivity index (χ4v) is 0.962. The Balaban J connectivity index is 0.000000486. The van der Waals surface area contributed by atoms with E-state index >= 15 is 0 Å². The summed E-state index contributed by atoms with van der Waals surface area (Å²) in [5.41, 5.74) is 6.34. The maximum Gasteiger partial charge on any atom is 0.490 e. The van der Waals surface area contributed by atoms with Crippen LogP contribution in [-0.4, -0.2) is 41.0 Å². The summed E-state index contributed by atoms with van der Waals surface area (Å²) in [6.45, 7) is 1.92. The second-order valence-corrected chi connectivity index (χ2v) is 3.88. The first-order valence-electron chi connectivity index (χ1n) is 5.52. The van der Waals surface area contributed by atoms with Crippen molar-refractivity contribution in [3.8, 4) is 5.75 Å². The number of benzene rings is 1. The third kappa shape index (κ3) is 8.47. The molecule has 6 nitrogen and oxygen atoms in total. The number of nitrogens with two attached hydrogens (primary N) is 1. The fraction of sp³-hybridized carbons (Fsp3) is 0.333. The van der Waals surface area contributed by atoms with Gasteiger partial charge < -0.3 is 20.7 Å². The molecule has 0 aromatic heterocycles. The molecule has 0 bridgehead atoms. The van der Waals surface area contributed by atoms with Crippen molar-refractivity contribution in [1.29, 1.82) is 0 Å². The number of carbonyl (C=O) groups is 2. The van der Waals surface area contributed by atoms with Gasteiger partial charge in [0.2, 0.25) is 0 Å².